The fraction of sp³-hybridized carbons (Fsp3) is 0.133. The highest BCUT2D eigenvalue weighted by molar-refractivity contribution is 6.30. The molecule has 2 aromatic carbocycles. The molecule has 20 heavy (non-hydrogen) atoms. The predicted molar refractivity (Wildman–Crippen MR) is 82.9 cm³/mol. The van der Waals surface area contributed by atoms with Crippen molar-refractivity contribution in [3.05, 3.63) is 58.6 Å². The van der Waals surface area contributed by atoms with E-state index >= 15 is 0 Å². The molecule has 1 amide bonds. The lowest BCUT2D eigenvalue weighted by Crippen LogP contribution is -2.15. The summed E-state index contributed by atoms with van der Waals surface area (Å²) in [6.07, 6.45) is 0. The number of anilines is 2. The first kappa shape index (κ1) is 14.2. The van der Waals surface area contributed by atoms with E-state index in [9.17, 15) is 4.79 Å². The van der Waals surface area contributed by atoms with Crippen molar-refractivity contribution in [1.29, 1.82) is 0 Å². The third kappa shape index (κ3) is 3.03. The molecule has 4 nitrogen and oxygen atoms in total. The molecule has 1 atom stereocenters. The molecule has 1 unspecified atom stereocenters. The van der Waals surface area contributed by atoms with E-state index in [-0.39, 0.29) is 6.04 Å². The van der Waals surface area contributed by atoms with Crippen LogP contribution in [0.5, 0.6) is 0 Å². The van der Waals surface area contributed by atoms with Gasteiger partial charge in [-0.25, -0.2) is 0 Å². The summed E-state index contributed by atoms with van der Waals surface area (Å²) in [5.41, 5.74) is 13.6. The third-order valence-corrected chi connectivity index (χ3v) is 3.33. The molecule has 0 aromatic heterocycles. The van der Waals surface area contributed by atoms with E-state index in [1.807, 2.05) is 37.3 Å². The normalized spacial score (nSPS) is 11.9. The van der Waals surface area contributed by atoms with Gasteiger partial charge in [-0.1, -0.05) is 29.8 Å². The second kappa shape index (κ2) is 5.84. The fourth-order valence-corrected chi connectivity index (χ4v) is 2.20. The van der Waals surface area contributed by atoms with Gasteiger partial charge in [-0.15, -0.1) is 0 Å². The van der Waals surface area contributed by atoms with Gasteiger partial charge >= 0.3 is 0 Å². The van der Waals surface area contributed by atoms with Crippen LogP contribution in [0.2, 0.25) is 5.02 Å². The summed E-state index contributed by atoms with van der Waals surface area (Å²) in [7, 11) is 0. The molecule has 5 heteroatoms. The van der Waals surface area contributed by atoms with Crippen molar-refractivity contribution in [3.8, 4) is 0 Å². The Bertz CT molecular complexity index is 643. The molecule has 0 saturated heterocycles. The number of nitrogen functional groups attached to an aromatic ring is 1. The second-order valence-electron chi connectivity index (χ2n) is 4.55. The number of nitrogens with two attached hydrogens (primary N) is 2. The molecule has 0 heterocycles. The third-order valence-electron chi connectivity index (χ3n) is 3.09. The van der Waals surface area contributed by atoms with Crippen LogP contribution in [0.1, 0.15) is 28.9 Å². The van der Waals surface area contributed by atoms with Gasteiger partial charge in [0.15, 0.2) is 0 Å². The summed E-state index contributed by atoms with van der Waals surface area (Å²) in [4.78, 5) is 11.3. The van der Waals surface area contributed by atoms with Gasteiger partial charge in [-0.3, -0.25) is 4.79 Å². The average Bonchev–Trinajstić information content (AvgIpc) is 2.40. The lowest BCUT2D eigenvalue weighted by atomic mass is 10.1. The first-order valence-corrected chi connectivity index (χ1v) is 6.57. The topological polar surface area (TPSA) is 81.1 Å². The highest BCUT2D eigenvalue weighted by Gasteiger charge is 2.12. The van der Waals surface area contributed by atoms with Crippen LogP contribution in [-0.2, 0) is 0 Å². The zero-order chi connectivity index (χ0) is 14.7. The Morgan fingerprint density at radius 3 is 2.60 bits per heavy atom. The maximum absolute atomic E-state index is 11.3. The van der Waals surface area contributed by atoms with E-state index in [2.05, 4.69) is 5.32 Å². The number of halogens is 1. The average molecular weight is 290 g/mol. The Morgan fingerprint density at radius 2 is 1.95 bits per heavy atom. The van der Waals surface area contributed by atoms with Gasteiger partial charge in [-0.05, 0) is 36.8 Å². The Balaban J connectivity index is 2.26. The van der Waals surface area contributed by atoms with E-state index in [1.165, 1.54) is 0 Å². The fourth-order valence-electron chi connectivity index (χ4n) is 2.00. The number of nitrogens with one attached hydrogen (secondary N) is 1. The predicted octanol–water partition coefficient (Wildman–Crippen LogP) is 3.19. The Labute approximate surface area is 122 Å². The van der Waals surface area contributed by atoms with Gasteiger partial charge in [0, 0.05) is 11.1 Å². The number of hydrogen-bond acceptors (Lipinski definition) is 3. The van der Waals surface area contributed by atoms with E-state index in [0.29, 0.717) is 22.0 Å². The molecule has 0 aliphatic carbocycles. The minimum Gasteiger partial charge on any atom is -0.396 e. The quantitative estimate of drug-likeness (QED) is 0.756. The number of benzene rings is 2. The van der Waals surface area contributed by atoms with Crippen molar-refractivity contribution in [2.75, 3.05) is 11.1 Å². The van der Waals surface area contributed by atoms with Crippen molar-refractivity contribution in [2.45, 2.75) is 13.0 Å². The number of primary amides is 1. The zero-order valence-corrected chi connectivity index (χ0v) is 11.8. The van der Waals surface area contributed by atoms with E-state index in [4.69, 9.17) is 23.1 Å². The molecule has 0 radical (unpaired) electrons. The Hall–Kier alpha value is -2.20. The lowest BCUT2D eigenvalue weighted by molar-refractivity contribution is 0.100. The van der Waals surface area contributed by atoms with Crippen molar-refractivity contribution in [3.63, 3.8) is 0 Å². The van der Waals surface area contributed by atoms with Crippen LogP contribution in [0.4, 0.5) is 11.4 Å². The molecule has 2 rings (SSSR count). The molecule has 0 aliphatic rings. The molecule has 0 fully saturated rings. The first-order chi connectivity index (χ1) is 9.49. The van der Waals surface area contributed by atoms with E-state index < -0.39 is 5.91 Å². The number of hydrogen-bond donors (Lipinski definition) is 3. The molecule has 0 aliphatic heterocycles. The van der Waals surface area contributed by atoms with Crippen LogP contribution in [-0.4, -0.2) is 5.91 Å². The summed E-state index contributed by atoms with van der Waals surface area (Å²) in [5, 5.41) is 3.93. The largest absolute Gasteiger partial charge is 0.396 e. The van der Waals surface area contributed by atoms with Crippen LogP contribution in [0.25, 0.3) is 0 Å². The number of carbonyl (C=O) groups excluding carboxylic acids is 1. The maximum Gasteiger partial charge on any atom is 0.250 e. The van der Waals surface area contributed by atoms with Gasteiger partial charge in [0.05, 0.1) is 16.9 Å². The number of rotatable bonds is 4. The Kier molecular flexibility index (Phi) is 4.15. The number of amides is 1. The van der Waals surface area contributed by atoms with Crippen LogP contribution in [0, 0.1) is 0 Å². The summed E-state index contributed by atoms with van der Waals surface area (Å²) >= 11 is 5.98. The maximum atomic E-state index is 11.3. The molecule has 5 N–H and O–H groups in total. The van der Waals surface area contributed by atoms with Crippen LogP contribution < -0.4 is 16.8 Å². The molecule has 0 spiro atoms. The highest BCUT2D eigenvalue weighted by Crippen LogP contribution is 2.27. The van der Waals surface area contributed by atoms with Crippen molar-refractivity contribution in [1.82, 2.24) is 0 Å². The van der Waals surface area contributed by atoms with Crippen LogP contribution in [0.15, 0.2) is 42.5 Å². The number of carbonyl (C=O) groups is 1. The van der Waals surface area contributed by atoms with Gasteiger partial charge in [-0.2, -0.15) is 0 Å². The number of para-hydroxylation sites is 1. The molecule has 0 bridgehead atoms. The monoisotopic (exact) mass is 289 g/mol. The smallest absolute Gasteiger partial charge is 0.250 e. The van der Waals surface area contributed by atoms with Gasteiger partial charge in [0.1, 0.15) is 0 Å². The summed E-state index contributed by atoms with van der Waals surface area (Å²) in [6, 6.07) is 12.7. The lowest BCUT2D eigenvalue weighted by Gasteiger charge is -2.18. The molecule has 0 saturated carbocycles. The summed E-state index contributed by atoms with van der Waals surface area (Å²) in [5.74, 6) is -0.540. The van der Waals surface area contributed by atoms with Crippen molar-refractivity contribution >= 4 is 28.9 Å². The van der Waals surface area contributed by atoms with Gasteiger partial charge in [0.25, 0.3) is 5.91 Å². The molecular weight excluding hydrogens is 274 g/mol. The zero-order valence-electron chi connectivity index (χ0n) is 11.1. The van der Waals surface area contributed by atoms with Gasteiger partial charge < -0.3 is 16.8 Å². The first-order valence-electron chi connectivity index (χ1n) is 6.19. The van der Waals surface area contributed by atoms with Crippen molar-refractivity contribution in [2.24, 2.45) is 5.73 Å². The SMILES string of the molecule is CC(Nc1cccc(C(N)=O)c1N)c1cccc(Cl)c1. The summed E-state index contributed by atoms with van der Waals surface area (Å²) in [6.45, 7) is 1.99. The summed E-state index contributed by atoms with van der Waals surface area (Å²) < 4.78 is 0. The minimum atomic E-state index is -0.540. The van der Waals surface area contributed by atoms with E-state index in [0.717, 1.165) is 5.56 Å². The van der Waals surface area contributed by atoms with E-state index in [1.54, 1.807) is 12.1 Å². The Morgan fingerprint density at radius 1 is 1.25 bits per heavy atom. The highest BCUT2D eigenvalue weighted by atomic mass is 35.5. The molecular formula is C15H16ClN3O. The van der Waals surface area contributed by atoms with Crippen LogP contribution in [0.3, 0.4) is 0 Å². The molecule has 2 aromatic rings. The van der Waals surface area contributed by atoms with Crippen molar-refractivity contribution < 1.29 is 4.79 Å². The second-order valence-corrected chi connectivity index (χ2v) is 4.99. The standard InChI is InChI=1S/C15H16ClN3O/c1-9(10-4-2-5-11(16)8-10)19-13-7-3-6-12(14(13)17)15(18)20/h2-9,19H,17H2,1H3,(H2,18,20). The van der Waals surface area contributed by atoms with Gasteiger partial charge in [0.2, 0.25) is 0 Å². The van der Waals surface area contributed by atoms with Crippen LogP contribution >= 0.6 is 11.6 Å². The molecule has 104 valence electrons. The minimum absolute atomic E-state index is 0.000809.